The number of aliphatic hydroxyl groups is 1. The Morgan fingerprint density at radius 3 is 2.53 bits per heavy atom. The van der Waals surface area contributed by atoms with Crippen LogP contribution in [0.2, 0.25) is 0 Å². The lowest BCUT2D eigenvalue weighted by molar-refractivity contribution is 0.0191. The topological polar surface area (TPSA) is 32.3 Å². The van der Waals surface area contributed by atoms with Crippen molar-refractivity contribution in [3.05, 3.63) is 35.2 Å². The zero-order valence-electron chi connectivity index (χ0n) is 10.5. The number of hydrogen-bond acceptors (Lipinski definition) is 3. The number of nitrogens with one attached hydrogen (secondary N) is 1. The summed E-state index contributed by atoms with van der Waals surface area (Å²) in [5.74, 6) is 0. The second-order valence-electron chi connectivity index (χ2n) is 4.58. The molecule has 1 heterocycles. The Morgan fingerprint density at radius 1 is 1.26 bits per heavy atom. The monoisotopic (exact) mass is 337 g/mol. The lowest BCUT2D eigenvalue weighted by atomic mass is 9.88. The third kappa shape index (κ3) is 3.02. The molecule has 2 N–H and O–H groups in total. The summed E-state index contributed by atoms with van der Waals surface area (Å²) in [6.45, 7) is 1.64. The Kier molecular flexibility index (Phi) is 4.36. The summed E-state index contributed by atoms with van der Waals surface area (Å²) in [4.78, 5) is 0. The molecule has 0 spiro atoms. The molecular weight excluding hydrogens is 325 g/mol. The van der Waals surface area contributed by atoms with E-state index in [0.29, 0.717) is 5.56 Å². The quantitative estimate of drug-likeness (QED) is 0.827. The highest BCUT2D eigenvalue weighted by Gasteiger charge is 2.45. The molecule has 0 aliphatic rings. The molecule has 0 aliphatic carbocycles. The average molecular weight is 339 g/mol. The van der Waals surface area contributed by atoms with E-state index in [-0.39, 0.29) is 0 Å². The standard InChI is InChI=1S/C13H14Cl3NOS/c1-12(18,11(17-2)13(14,15)16)9-4-3-8-5-6-19-10(8)7-9/h3-7,11,17-18H,1-2H3. The molecule has 0 fully saturated rings. The van der Waals surface area contributed by atoms with Gasteiger partial charge in [0.2, 0.25) is 3.79 Å². The summed E-state index contributed by atoms with van der Waals surface area (Å²) in [5.41, 5.74) is -0.578. The zero-order chi connectivity index (χ0) is 14.3. The van der Waals surface area contributed by atoms with Gasteiger partial charge in [-0.25, -0.2) is 0 Å². The van der Waals surface area contributed by atoms with Crippen LogP contribution in [-0.4, -0.2) is 22.0 Å². The van der Waals surface area contributed by atoms with Gasteiger partial charge in [-0.05, 0) is 42.4 Å². The van der Waals surface area contributed by atoms with E-state index in [4.69, 9.17) is 34.8 Å². The molecule has 19 heavy (non-hydrogen) atoms. The molecule has 104 valence electrons. The minimum atomic E-state index is -1.61. The van der Waals surface area contributed by atoms with Crippen LogP contribution in [0.1, 0.15) is 12.5 Å². The molecule has 1 aromatic carbocycles. The van der Waals surface area contributed by atoms with Crippen LogP contribution in [0.3, 0.4) is 0 Å². The van der Waals surface area contributed by atoms with Gasteiger partial charge in [-0.1, -0.05) is 46.9 Å². The van der Waals surface area contributed by atoms with Crippen molar-refractivity contribution < 1.29 is 5.11 Å². The van der Waals surface area contributed by atoms with Gasteiger partial charge >= 0.3 is 0 Å². The molecule has 2 atom stereocenters. The van der Waals surface area contributed by atoms with E-state index in [1.807, 2.05) is 29.6 Å². The van der Waals surface area contributed by atoms with Crippen LogP contribution in [0, 0.1) is 0 Å². The Bertz CT molecular complexity index is 577. The molecule has 0 aliphatic heterocycles. The van der Waals surface area contributed by atoms with Gasteiger partial charge in [0.1, 0.15) is 5.60 Å². The minimum absolute atomic E-state index is 0.716. The van der Waals surface area contributed by atoms with Gasteiger partial charge in [-0.2, -0.15) is 0 Å². The van der Waals surface area contributed by atoms with E-state index < -0.39 is 15.4 Å². The van der Waals surface area contributed by atoms with Crippen molar-refractivity contribution in [3.8, 4) is 0 Å². The van der Waals surface area contributed by atoms with Crippen molar-refractivity contribution in [2.45, 2.75) is 22.4 Å². The SMILES string of the molecule is CNC(C(Cl)(Cl)Cl)C(C)(O)c1ccc2ccsc2c1. The highest BCUT2D eigenvalue weighted by atomic mass is 35.6. The van der Waals surface area contributed by atoms with Crippen LogP contribution in [0.4, 0.5) is 0 Å². The molecule has 2 nitrogen and oxygen atoms in total. The zero-order valence-corrected chi connectivity index (χ0v) is 13.5. The lowest BCUT2D eigenvalue weighted by Gasteiger charge is -2.37. The Morgan fingerprint density at radius 2 is 1.95 bits per heavy atom. The van der Waals surface area contributed by atoms with Crippen LogP contribution < -0.4 is 5.32 Å². The lowest BCUT2D eigenvalue weighted by Crippen LogP contribution is -2.53. The first-order valence-electron chi connectivity index (χ1n) is 5.71. The summed E-state index contributed by atoms with van der Waals surface area (Å²) in [6.07, 6.45) is 0. The van der Waals surface area contributed by atoms with E-state index in [1.54, 1.807) is 25.3 Å². The van der Waals surface area contributed by atoms with E-state index in [9.17, 15) is 5.11 Å². The summed E-state index contributed by atoms with van der Waals surface area (Å²) in [6, 6.07) is 7.06. The largest absolute Gasteiger partial charge is 0.384 e. The highest BCUT2D eigenvalue weighted by molar-refractivity contribution is 7.17. The fraction of sp³-hybridized carbons (Fsp3) is 0.385. The fourth-order valence-electron chi connectivity index (χ4n) is 2.20. The Labute approximate surface area is 131 Å². The van der Waals surface area contributed by atoms with Crippen LogP contribution in [0.15, 0.2) is 29.6 Å². The minimum Gasteiger partial charge on any atom is -0.384 e. The first kappa shape index (κ1) is 15.4. The summed E-state index contributed by atoms with van der Waals surface area (Å²) in [5, 5.41) is 16.8. The predicted octanol–water partition coefficient (Wildman–Crippen LogP) is 4.07. The number of hydrogen-bond donors (Lipinski definition) is 2. The van der Waals surface area contributed by atoms with Crippen LogP contribution >= 0.6 is 46.1 Å². The second-order valence-corrected chi connectivity index (χ2v) is 7.90. The fourth-order valence-corrected chi connectivity index (χ4v) is 3.99. The van der Waals surface area contributed by atoms with Gasteiger partial charge in [0.05, 0.1) is 6.04 Å². The third-order valence-electron chi connectivity index (χ3n) is 3.22. The number of rotatable bonds is 3. The molecular formula is C13H14Cl3NOS. The van der Waals surface area contributed by atoms with Gasteiger partial charge in [0, 0.05) is 4.70 Å². The van der Waals surface area contributed by atoms with Gasteiger partial charge in [0.25, 0.3) is 0 Å². The van der Waals surface area contributed by atoms with Crippen molar-refractivity contribution in [1.29, 1.82) is 0 Å². The molecule has 2 unspecified atom stereocenters. The highest BCUT2D eigenvalue weighted by Crippen LogP contribution is 2.40. The summed E-state index contributed by atoms with van der Waals surface area (Å²) >= 11 is 19.4. The molecule has 0 amide bonds. The molecule has 0 bridgehead atoms. The number of benzene rings is 1. The predicted molar refractivity (Wildman–Crippen MR) is 84.5 cm³/mol. The number of fused-ring (bicyclic) bond motifs is 1. The molecule has 0 radical (unpaired) electrons. The molecule has 2 rings (SSSR count). The van der Waals surface area contributed by atoms with Crippen molar-refractivity contribution >= 4 is 56.2 Å². The molecule has 1 aromatic heterocycles. The number of thiophene rings is 1. The van der Waals surface area contributed by atoms with Crippen LogP contribution in [0.5, 0.6) is 0 Å². The van der Waals surface area contributed by atoms with Gasteiger partial charge in [-0.15, -0.1) is 11.3 Å². The number of halogens is 3. The van der Waals surface area contributed by atoms with Gasteiger partial charge < -0.3 is 10.4 Å². The number of likely N-dealkylation sites (N-methyl/N-ethyl adjacent to an activating group) is 1. The van der Waals surface area contributed by atoms with Crippen molar-refractivity contribution in [3.63, 3.8) is 0 Å². The van der Waals surface area contributed by atoms with Crippen LogP contribution in [0.25, 0.3) is 10.1 Å². The smallest absolute Gasteiger partial charge is 0.208 e. The first-order chi connectivity index (χ1) is 8.76. The normalized spacial score (nSPS) is 17.4. The van der Waals surface area contributed by atoms with Crippen molar-refractivity contribution in [1.82, 2.24) is 5.32 Å². The maximum absolute atomic E-state index is 10.8. The molecule has 0 saturated carbocycles. The Hall–Kier alpha value is -0.0300. The maximum Gasteiger partial charge on any atom is 0.208 e. The summed E-state index contributed by atoms with van der Waals surface area (Å²) in [7, 11) is 1.66. The van der Waals surface area contributed by atoms with Crippen LogP contribution in [-0.2, 0) is 5.60 Å². The summed E-state index contributed by atoms with van der Waals surface area (Å²) < 4.78 is -0.514. The van der Waals surface area contributed by atoms with E-state index in [2.05, 4.69) is 5.32 Å². The Balaban J connectivity index is 2.47. The van der Waals surface area contributed by atoms with E-state index in [1.165, 1.54) is 0 Å². The average Bonchev–Trinajstić information content (AvgIpc) is 2.73. The second kappa shape index (κ2) is 5.40. The van der Waals surface area contributed by atoms with Crippen molar-refractivity contribution in [2.75, 3.05) is 7.05 Å². The number of alkyl halides is 3. The first-order valence-corrected chi connectivity index (χ1v) is 7.72. The molecule has 6 heteroatoms. The third-order valence-corrected chi connectivity index (χ3v) is 4.75. The van der Waals surface area contributed by atoms with Crippen molar-refractivity contribution in [2.24, 2.45) is 0 Å². The van der Waals surface area contributed by atoms with Gasteiger partial charge in [-0.3, -0.25) is 0 Å². The van der Waals surface area contributed by atoms with Gasteiger partial charge in [0.15, 0.2) is 0 Å². The molecule has 2 aromatic rings. The van der Waals surface area contributed by atoms with E-state index >= 15 is 0 Å². The molecule has 0 saturated heterocycles. The van der Waals surface area contributed by atoms with E-state index in [0.717, 1.165) is 10.1 Å². The maximum atomic E-state index is 10.8.